The Balaban J connectivity index is 1.48. The van der Waals surface area contributed by atoms with Gasteiger partial charge in [0.2, 0.25) is 5.75 Å². The molecule has 30 heavy (non-hydrogen) atoms. The van der Waals surface area contributed by atoms with Crippen molar-refractivity contribution in [3.63, 3.8) is 0 Å². The third kappa shape index (κ3) is 5.23. The molecule has 0 heterocycles. The third-order valence-electron chi connectivity index (χ3n) is 5.09. The lowest BCUT2D eigenvalue weighted by atomic mass is 10.1. The van der Waals surface area contributed by atoms with Crippen molar-refractivity contribution in [1.29, 1.82) is 0 Å². The van der Waals surface area contributed by atoms with Gasteiger partial charge >= 0.3 is 5.97 Å². The zero-order chi connectivity index (χ0) is 21.5. The lowest BCUT2D eigenvalue weighted by molar-refractivity contribution is -0.147. The Labute approximate surface area is 176 Å². The van der Waals surface area contributed by atoms with Crippen LogP contribution in [0.3, 0.4) is 0 Å². The molecule has 0 aromatic heterocycles. The van der Waals surface area contributed by atoms with Crippen molar-refractivity contribution in [1.82, 2.24) is 0 Å². The molecule has 160 valence electrons. The van der Waals surface area contributed by atoms with Crippen LogP contribution >= 0.6 is 0 Å². The summed E-state index contributed by atoms with van der Waals surface area (Å²) in [4.78, 5) is 24.2. The van der Waals surface area contributed by atoms with Crippen LogP contribution in [0.5, 0.6) is 17.2 Å². The normalized spacial score (nSPS) is 12.1. The molecular weight excluding hydrogens is 386 g/mol. The van der Waals surface area contributed by atoms with E-state index in [1.165, 1.54) is 32.5 Å². The number of benzene rings is 2. The first-order chi connectivity index (χ1) is 14.5. The maximum Gasteiger partial charge on any atom is 0.306 e. The molecule has 0 unspecified atom stereocenters. The number of carbonyl (C=O) groups excluding carboxylic acids is 2. The number of methoxy groups -OCH3 is 3. The number of hydrogen-bond acceptors (Lipinski definition) is 6. The highest BCUT2D eigenvalue weighted by Gasteiger charge is 2.15. The first-order valence-corrected chi connectivity index (χ1v) is 9.90. The van der Waals surface area contributed by atoms with Gasteiger partial charge in [-0.05, 0) is 66.6 Å². The predicted octanol–water partition coefficient (Wildman–Crippen LogP) is 3.32. The van der Waals surface area contributed by atoms with Crippen molar-refractivity contribution >= 4 is 17.6 Å². The van der Waals surface area contributed by atoms with Gasteiger partial charge in [-0.1, -0.05) is 6.07 Å². The van der Waals surface area contributed by atoms with Crippen molar-refractivity contribution in [2.45, 2.75) is 32.1 Å². The summed E-state index contributed by atoms with van der Waals surface area (Å²) in [5.41, 5.74) is 4.18. The van der Waals surface area contributed by atoms with Gasteiger partial charge in [-0.15, -0.1) is 0 Å². The van der Waals surface area contributed by atoms with Gasteiger partial charge in [0.15, 0.2) is 18.1 Å². The standard InChI is InChI=1S/C23H27NO6/c1-27-19-11-15(12-20(28-2)23(19)29-3)7-10-22(26)30-14-21(25)24-18-9-8-16-5-4-6-17(16)13-18/h8-9,11-13H,4-7,10,14H2,1-3H3,(H,24,25). The number of carbonyl (C=O) groups is 2. The van der Waals surface area contributed by atoms with E-state index in [4.69, 9.17) is 18.9 Å². The zero-order valence-corrected chi connectivity index (χ0v) is 17.6. The van der Waals surface area contributed by atoms with E-state index in [1.807, 2.05) is 18.2 Å². The molecule has 1 aliphatic rings. The first-order valence-electron chi connectivity index (χ1n) is 9.90. The maximum absolute atomic E-state index is 12.1. The minimum absolute atomic E-state index is 0.130. The summed E-state index contributed by atoms with van der Waals surface area (Å²) < 4.78 is 21.0. The number of fused-ring (bicyclic) bond motifs is 1. The van der Waals surface area contributed by atoms with Gasteiger partial charge in [0, 0.05) is 12.1 Å². The second kappa shape index (κ2) is 10.0. The fourth-order valence-corrected chi connectivity index (χ4v) is 3.59. The van der Waals surface area contributed by atoms with Crippen molar-refractivity contribution in [3.05, 3.63) is 47.0 Å². The molecule has 1 aliphatic carbocycles. The van der Waals surface area contributed by atoms with E-state index < -0.39 is 5.97 Å². The summed E-state index contributed by atoms with van der Waals surface area (Å²) in [7, 11) is 4.61. The average molecular weight is 413 g/mol. The van der Waals surface area contributed by atoms with Crippen molar-refractivity contribution < 1.29 is 28.5 Å². The molecule has 0 aliphatic heterocycles. The fourth-order valence-electron chi connectivity index (χ4n) is 3.59. The largest absolute Gasteiger partial charge is 0.493 e. The molecule has 0 radical (unpaired) electrons. The summed E-state index contributed by atoms with van der Waals surface area (Å²) in [5.74, 6) is 0.736. The molecule has 7 nitrogen and oxygen atoms in total. The van der Waals surface area contributed by atoms with Crippen LogP contribution < -0.4 is 19.5 Å². The number of hydrogen-bond donors (Lipinski definition) is 1. The first kappa shape index (κ1) is 21.5. The number of anilines is 1. The van der Waals surface area contributed by atoms with Crippen LogP contribution in [0.1, 0.15) is 29.5 Å². The Morgan fingerprint density at radius 2 is 1.63 bits per heavy atom. The van der Waals surface area contributed by atoms with Gasteiger partial charge in [0.25, 0.3) is 5.91 Å². The Bertz CT molecular complexity index is 899. The summed E-state index contributed by atoms with van der Waals surface area (Å²) in [6.45, 7) is -0.314. The summed E-state index contributed by atoms with van der Waals surface area (Å²) >= 11 is 0. The Kier molecular flexibility index (Phi) is 7.17. The highest BCUT2D eigenvalue weighted by Crippen LogP contribution is 2.38. The molecule has 0 spiro atoms. The quantitative estimate of drug-likeness (QED) is 0.635. The second-order valence-corrected chi connectivity index (χ2v) is 7.08. The van der Waals surface area contributed by atoms with Gasteiger partial charge < -0.3 is 24.3 Å². The monoisotopic (exact) mass is 413 g/mol. The molecule has 1 N–H and O–H groups in total. The Morgan fingerprint density at radius 1 is 0.933 bits per heavy atom. The summed E-state index contributed by atoms with van der Waals surface area (Å²) in [6.07, 6.45) is 3.82. The van der Waals surface area contributed by atoms with Crippen LogP contribution in [0.25, 0.3) is 0 Å². The minimum atomic E-state index is -0.451. The van der Waals surface area contributed by atoms with E-state index in [0.717, 1.165) is 30.5 Å². The Morgan fingerprint density at radius 3 is 2.30 bits per heavy atom. The van der Waals surface area contributed by atoms with Crippen molar-refractivity contribution in [2.24, 2.45) is 0 Å². The number of esters is 1. The zero-order valence-electron chi connectivity index (χ0n) is 17.6. The van der Waals surface area contributed by atoms with E-state index in [-0.39, 0.29) is 18.9 Å². The SMILES string of the molecule is COc1cc(CCC(=O)OCC(=O)Nc2ccc3c(c2)CCC3)cc(OC)c1OC. The van der Waals surface area contributed by atoms with Crippen LogP contribution in [0.15, 0.2) is 30.3 Å². The summed E-state index contributed by atoms with van der Waals surface area (Å²) in [6, 6.07) is 9.49. The van der Waals surface area contributed by atoms with Crippen LogP contribution in [-0.2, 0) is 33.6 Å². The number of rotatable bonds is 9. The number of nitrogens with one attached hydrogen (secondary N) is 1. The van der Waals surface area contributed by atoms with Crippen molar-refractivity contribution in [3.8, 4) is 17.2 Å². The highest BCUT2D eigenvalue weighted by molar-refractivity contribution is 5.92. The van der Waals surface area contributed by atoms with Crippen LogP contribution in [0.4, 0.5) is 5.69 Å². The second-order valence-electron chi connectivity index (χ2n) is 7.08. The minimum Gasteiger partial charge on any atom is -0.493 e. The van der Waals surface area contributed by atoms with E-state index in [9.17, 15) is 9.59 Å². The van der Waals surface area contributed by atoms with Crippen LogP contribution in [0.2, 0.25) is 0 Å². The molecule has 0 fully saturated rings. The van der Waals surface area contributed by atoms with Gasteiger partial charge in [-0.25, -0.2) is 0 Å². The molecule has 2 aromatic rings. The van der Waals surface area contributed by atoms with E-state index in [1.54, 1.807) is 12.1 Å². The molecule has 1 amide bonds. The topological polar surface area (TPSA) is 83.1 Å². The molecule has 0 atom stereocenters. The molecule has 7 heteroatoms. The lowest BCUT2D eigenvalue weighted by Gasteiger charge is -2.14. The van der Waals surface area contributed by atoms with Gasteiger partial charge in [0.1, 0.15) is 0 Å². The van der Waals surface area contributed by atoms with E-state index >= 15 is 0 Å². The fraction of sp³-hybridized carbons (Fsp3) is 0.391. The summed E-state index contributed by atoms with van der Waals surface area (Å²) in [5, 5.41) is 2.78. The average Bonchev–Trinajstić information content (AvgIpc) is 3.23. The van der Waals surface area contributed by atoms with Crippen LogP contribution in [0, 0.1) is 0 Å². The molecular formula is C23H27NO6. The van der Waals surface area contributed by atoms with Gasteiger partial charge in [0.05, 0.1) is 21.3 Å². The predicted molar refractivity (Wildman–Crippen MR) is 112 cm³/mol. The van der Waals surface area contributed by atoms with E-state index in [0.29, 0.717) is 23.7 Å². The number of amides is 1. The number of ether oxygens (including phenoxy) is 4. The highest BCUT2D eigenvalue weighted by atomic mass is 16.5. The van der Waals surface area contributed by atoms with Crippen molar-refractivity contribution in [2.75, 3.05) is 33.3 Å². The molecule has 0 saturated carbocycles. The van der Waals surface area contributed by atoms with Crippen LogP contribution in [-0.4, -0.2) is 39.8 Å². The lowest BCUT2D eigenvalue weighted by Crippen LogP contribution is -2.21. The van der Waals surface area contributed by atoms with Gasteiger partial charge in [-0.2, -0.15) is 0 Å². The molecule has 0 bridgehead atoms. The Hall–Kier alpha value is -3.22. The van der Waals surface area contributed by atoms with Gasteiger partial charge in [-0.3, -0.25) is 9.59 Å². The smallest absolute Gasteiger partial charge is 0.306 e. The molecule has 0 saturated heterocycles. The third-order valence-corrected chi connectivity index (χ3v) is 5.09. The molecule has 2 aromatic carbocycles. The number of aryl methyl sites for hydroxylation is 3. The maximum atomic E-state index is 12.1. The van der Waals surface area contributed by atoms with E-state index in [2.05, 4.69) is 5.32 Å². The molecule has 3 rings (SSSR count).